The van der Waals surface area contributed by atoms with Crippen molar-refractivity contribution in [3.05, 3.63) is 28.7 Å². The molecule has 1 aliphatic rings. The summed E-state index contributed by atoms with van der Waals surface area (Å²) in [6.45, 7) is 1.03. The van der Waals surface area contributed by atoms with E-state index >= 15 is 0 Å². The number of rotatable bonds is 2. The minimum Gasteiger partial charge on any atom is -0.468 e. The molecule has 0 N–H and O–H groups in total. The van der Waals surface area contributed by atoms with E-state index in [4.69, 9.17) is 0 Å². The number of hydrogen-bond donors (Lipinski definition) is 0. The predicted molar refractivity (Wildman–Crippen MR) is 71.5 cm³/mol. The van der Waals surface area contributed by atoms with E-state index in [0.29, 0.717) is 19.5 Å². The van der Waals surface area contributed by atoms with Gasteiger partial charge in [0.2, 0.25) is 0 Å². The summed E-state index contributed by atoms with van der Waals surface area (Å²) < 4.78 is 5.65. The van der Waals surface area contributed by atoms with E-state index in [1.807, 2.05) is 29.2 Å². The van der Waals surface area contributed by atoms with Crippen molar-refractivity contribution in [3.63, 3.8) is 0 Å². The summed E-state index contributed by atoms with van der Waals surface area (Å²) in [5.41, 5.74) is 1.01. The number of carbonyl (C=O) groups is 2. The summed E-state index contributed by atoms with van der Waals surface area (Å²) in [6, 6.07) is 7.82. The van der Waals surface area contributed by atoms with Crippen molar-refractivity contribution in [2.24, 2.45) is 5.92 Å². The van der Waals surface area contributed by atoms with E-state index in [-0.39, 0.29) is 5.78 Å². The fourth-order valence-electron chi connectivity index (χ4n) is 2.09. The first kappa shape index (κ1) is 13.1. The second-order valence-corrected chi connectivity index (χ2v) is 5.13. The van der Waals surface area contributed by atoms with Crippen LogP contribution in [0, 0.1) is 5.92 Å². The molecule has 1 aromatic rings. The number of halogens is 1. The molecule has 0 aromatic heterocycles. The minimum atomic E-state index is -0.664. The first-order chi connectivity index (χ1) is 8.61. The summed E-state index contributed by atoms with van der Waals surface area (Å²) >= 11 is 3.41. The molecule has 1 unspecified atom stereocenters. The van der Waals surface area contributed by atoms with E-state index in [9.17, 15) is 9.59 Å². The SMILES string of the molecule is COC(=O)C1CN(c2cccc(Br)c2)CCC1=O. The molecular formula is C13H14BrNO3. The fraction of sp³-hybridized carbons (Fsp3) is 0.385. The van der Waals surface area contributed by atoms with E-state index in [1.54, 1.807) is 0 Å². The van der Waals surface area contributed by atoms with Crippen LogP contribution in [0.2, 0.25) is 0 Å². The molecular weight excluding hydrogens is 298 g/mol. The van der Waals surface area contributed by atoms with Gasteiger partial charge in [0, 0.05) is 29.7 Å². The van der Waals surface area contributed by atoms with Crippen molar-refractivity contribution in [1.29, 1.82) is 0 Å². The third-order valence-electron chi connectivity index (χ3n) is 3.08. The molecule has 1 heterocycles. The van der Waals surface area contributed by atoms with Gasteiger partial charge in [0.25, 0.3) is 0 Å². The van der Waals surface area contributed by atoms with Crippen molar-refractivity contribution >= 4 is 33.4 Å². The lowest BCUT2D eigenvalue weighted by molar-refractivity contribution is -0.149. The number of Topliss-reactive ketones (excluding diaryl/α,β-unsaturated/α-hetero) is 1. The highest BCUT2D eigenvalue weighted by molar-refractivity contribution is 9.10. The average Bonchev–Trinajstić information content (AvgIpc) is 2.38. The maximum atomic E-state index is 11.7. The standard InChI is InChI=1S/C13H14BrNO3/c1-18-13(17)11-8-15(6-5-12(11)16)10-4-2-3-9(14)7-10/h2-4,7,11H,5-6,8H2,1H3. The monoisotopic (exact) mass is 311 g/mol. The Labute approximate surface area is 114 Å². The number of methoxy groups -OCH3 is 1. The maximum Gasteiger partial charge on any atom is 0.318 e. The summed E-state index contributed by atoms with van der Waals surface area (Å²) in [6.07, 6.45) is 0.381. The first-order valence-electron chi connectivity index (χ1n) is 5.73. The van der Waals surface area contributed by atoms with Crippen LogP contribution >= 0.6 is 15.9 Å². The molecule has 0 saturated carbocycles. The number of ketones is 1. The number of esters is 1. The molecule has 0 radical (unpaired) electrons. The maximum absolute atomic E-state index is 11.7. The fourth-order valence-corrected chi connectivity index (χ4v) is 2.48. The Hall–Kier alpha value is -1.36. The smallest absolute Gasteiger partial charge is 0.318 e. The van der Waals surface area contributed by atoms with Crippen LogP contribution in [-0.4, -0.2) is 32.0 Å². The largest absolute Gasteiger partial charge is 0.468 e. The molecule has 0 bridgehead atoms. The van der Waals surface area contributed by atoms with Crippen molar-refractivity contribution in [2.75, 3.05) is 25.1 Å². The molecule has 0 amide bonds. The van der Waals surface area contributed by atoms with Gasteiger partial charge in [-0.3, -0.25) is 9.59 Å². The highest BCUT2D eigenvalue weighted by Crippen LogP contribution is 2.24. The topological polar surface area (TPSA) is 46.6 Å². The number of hydrogen-bond acceptors (Lipinski definition) is 4. The molecule has 1 saturated heterocycles. The molecule has 0 spiro atoms. The third kappa shape index (κ3) is 2.72. The molecule has 96 valence electrons. The van der Waals surface area contributed by atoms with Crippen LogP contribution in [0.3, 0.4) is 0 Å². The molecule has 18 heavy (non-hydrogen) atoms. The summed E-state index contributed by atoms with van der Waals surface area (Å²) in [5, 5.41) is 0. The van der Waals surface area contributed by atoms with Gasteiger partial charge in [-0.05, 0) is 18.2 Å². The van der Waals surface area contributed by atoms with Crippen LogP contribution in [0.15, 0.2) is 28.7 Å². The van der Waals surface area contributed by atoms with Crippen LogP contribution in [-0.2, 0) is 14.3 Å². The van der Waals surface area contributed by atoms with E-state index < -0.39 is 11.9 Å². The van der Waals surface area contributed by atoms with Gasteiger partial charge < -0.3 is 9.64 Å². The molecule has 1 aromatic carbocycles. The van der Waals surface area contributed by atoms with Crippen LogP contribution in [0.4, 0.5) is 5.69 Å². The number of benzene rings is 1. The van der Waals surface area contributed by atoms with Crippen LogP contribution in [0.1, 0.15) is 6.42 Å². The highest BCUT2D eigenvalue weighted by Gasteiger charge is 2.33. The lowest BCUT2D eigenvalue weighted by atomic mass is 9.96. The first-order valence-corrected chi connectivity index (χ1v) is 6.52. The Morgan fingerprint density at radius 1 is 1.50 bits per heavy atom. The quantitative estimate of drug-likeness (QED) is 0.619. The molecule has 0 aliphatic carbocycles. The van der Waals surface area contributed by atoms with Crippen molar-refractivity contribution in [1.82, 2.24) is 0 Å². The van der Waals surface area contributed by atoms with E-state index in [2.05, 4.69) is 20.7 Å². The van der Waals surface area contributed by atoms with Gasteiger partial charge in [-0.25, -0.2) is 0 Å². The van der Waals surface area contributed by atoms with Crippen molar-refractivity contribution in [3.8, 4) is 0 Å². The number of ether oxygens (including phenoxy) is 1. The lowest BCUT2D eigenvalue weighted by Crippen LogP contribution is -2.44. The third-order valence-corrected chi connectivity index (χ3v) is 3.57. The number of anilines is 1. The van der Waals surface area contributed by atoms with Gasteiger partial charge in [-0.15, -0.1) is 0 Å². The van der Waals surface area contributed by atoms with Gasteiger partial charge in [-0.1, -0.05) is 22.0 Å². The zero-order valence-corrected chi connectivity index (χ0v) is 11.6. The Bertz CT molecular complexity index is 467. The van der Waals surface area contributed by atoms with Gasteiger partial charge in [0.05, 0.1) is 7.11 Å². The van der Waals surface area contributed by atoms with Crippen LogP contribution < -0.4 is 4.90 Å². The molecule has 2 rings (SSSR count). The highest BCUT2D eigenvalue weighted by atomic mass is 79.9. The Morgan fingerprint density at radius 2 is 2.28 bits per heavy atom. The molecule has 1 aliphatic heterocycles. The predicted octanol–water partition coefficient (Wildman–Crippen LogP) is 2.02. The van der Waals surface area contributed by atoms with Gasteiger partial charge in [-0.2, -0.15) is 0 Å². The molecule has 5 heteroatoms. The van der Waals surface area contributed by atoms with Gasteiger partial charge in [0.1, 0.15) is 5.92 Å². The summed E-state index contributed by atoms with van der Waals surface area (Å²) in [4.78, 5) is 25.3. The van der Waals surface area contributed by atoms with Crippen molar-refractivity contribution in [2.45, 2.75) is 6.42 Å². The molecule has 1 fully saturated rings. The Kier molecular flexibility index (Phi) is 4.01. The second-order valence-electron chi connectivity index (χ2n) is 4.22. The van der Waals surface area contributed by atoms with Crippen LogP contribution in [0.5, 0.6) is 0 Å². The molecule has 1 atom stereocenters. The normalized spacial score (nSPS) is 19.8. The Balaban J connectivity index is 2.17. The number of carbonyl (C=O) groups excluding carboxylic acids is 2. The lowest BCUT2D eigenvalue weighted by Gasteiger charge is -2.32. The summed E-state index contributed by atoms with van der Waals surface area (Å²) in [7, 11) is 1.31. The van der Waals surface area contributed by atoms with E-state index in [0.717, 1.165) is 10.2 Å². The zero-order chi connectivity index (χ0) is 13.1. The molecule has 4 nitrogen and oxygen atoms in total. The average molecular weight is 312 g/mol. The zero-order valence-electron chi connectivity index (χ0n) is 10.1. The van der Waals surface area contributed by atoms with Crippen LogP contribution in [0.25, 0.3) is 0 Å². The van der Waals surface area contributed by atoms with Gasteiger partial charge in [0.15, 0.2) is 5.78 Å². The minimum absolute atomic E-state index is 0.0342. The van der Waals surface area contributed by atoms with E-state index in [1.165, 1.54) is 7.11 Å². The Morgan fingerprint density at radius 3 is 2.94 bits per heavy atom. The second kappa shape index (κ2) is 5.52. The van der Waals surface area contributed by atoms with Crippen molar-refractivity contribution < 1.29 is 14.3 Å². The van der Waals surface area contributed by atoms with Gasteiger partial charge >= 0.3 is 5.97 Å². The number of nitrogens with zero attached hydrogens (tertiary/aromatic N) is 1. The summed E-state index contributed by atoms with van der Waals surface area (Å²) in [5.74, 6) is -1.14. The number of piperidine rings is 1.